The molecule has 1 saturated heterocycles. The molecule has 1 fully saturated rings. The highest BCUT2D eigenvalue weighted by molar-refractivity contribution is 6.04. The molecule has 0 radical (unpaired) electrons. The molecule has 2 aliphatic heterocycles. The molecule has 122 valence electrons. The van der Waals surface area contributed by atoms with Crippen molar-refractivity contribution in [1.82, 2.24) is 0 Å². The summed E-state index contributed by atoms with van der Waals surface area (Å²) in [7, 11) is 0. The van der Waals surface area contributed by atoms with E-state index in [4.69, 9.17) is 13.9 Å². The van der Waals surface area contributed by atoms with Gasteiger partial charge in [0.2, 0.25) is 5.69 Å². The highest BCUT2D eigenvalue weighted by Crippen LogP contribution is 2.41. The highest BCUT2D eigenvalue weighted by Gasteiger charge is 2.37. The number of furan rings is 1. The molecule has 0 amide bonds. The van der Waals surface area contributed by atoms with Crippen LogP contribution in [-0.4, -0.2) is 23.7 Å². The van der Waals surface area contributed by atoms with Crippen LogP contribution in [0.25, 0.3) is 0 Å². The van der Waals surface area contributed by atoms with Crippen molar-refractivity contribution in [3.05, 3.63) is 58.3 Å². The monoisotopic (exact) mass is 326 g/mol. The quantitative estimate of drug-likeness (QED) is 0.616. The standard InChI is InChI=1S/C16H12N3O5/c17-9-13-15(14-2-1-5-22-14)19(21)11-4-3-10(8-12(11)18(13)20)16-23-6-7-24-16/h1-5,8,15-16H,6-7H2/q-1. The van der Waals surface area contributed by atoms with Crippen LogP contribution in [0.4, 0.5) is 11.4 Å². The summed E-state index contributed by atoms with van der Waals surface area (Å²) in [4.78, 5) is 0. The van der Waals surface area contributed by atoms with Gasteiger partial charge in [-0.3, -0.25) is 0 Å². The summed E-state index contributed by atoms with van der Waals surface area (Å²) in [6.45, 7) is 0.930. The lowest BCUT2D eigenvalue weighted by atomic mass is 10.0. The number of hydrogen-bond donors (Lipinski definition) is 0. The van der Waals surface area contributed by atoms with Crippen molar-refractivity contribution in [3.63, 3.8) is 0 Å². The predicted molar refractivity (Wildman–Crippen MR) is 82.3 cm³/mol. The topological polar surface area (TPSA) is 108 Å². The molecule has 1 aromatic heterocycles. The number of hydroxylamine groups is 1. The van der Waals surface area contributed by atoms with Gasteiger partial charge in [0, 0.05) is 11.6 Å². The van der Waals surface area contributed by atoms with Crippen LogP contribution in [0.3, 0.4) is 0 Å². The maximum atomic E-state index is 12.7. The zero-order chi connectivity index (χ0) is 16.7. The molecule has 8 nitrogen and oxygen atoms in total. The third-order valence-corrected chi connectivity index (χ3v) is 3.99. The fraction of sp³-hybridized carbons (Fsp3) is 0.250. The molecule has 4 rings (SSSR count). The van der Waals surface area contributed by atoms with E-state index < -0.39 is 12.3 Å². The summed E-state index contributed by atoms with van der Waals surface area (Å²) in [5, 5.41) is 35.3. The van der Waals surface area contributed by atoms with Crippen molar-refractivity contribution in [2.75, 3.05) is 18.3 Å². The molecule has 2 aromatic rings. The molecule has 2 aliphatic rings. The Morgan fingerprint density at radius 3 is 2.71 bits per heavy atom. The fourth-order valence-electron chi connectivity index (χ4n) is 2.88. The molecule has 0 aliphatic carbocycles. The zero-order valence-corrected chi connectivity index (χ0v) is 12.4. The van der Waals surface area contributed by atoms with Crippen LogP contribution in [-0.2, 0) is 9.47 Å². The lowest BCUT2D eigenvalue weighted by Crippen LogP contribution is -2.36. The summed E-state index contributed by atoms with van der Waals surface area (Å²) in [5.74, 6) is 0.236. The van der Waals surface area contributed by atoms with Crippen molar-refractivity contribution in [2.45, 2.75) is 12.3 Å². The molecule has 0 spiro atoms. The molecule has 0 saturated carbocycles. The highest BCUT2D eigenvalue weighted by atomic mass is 16.7. The van der Waals surface area contributed by atoms with Crippen LogP contribution in [0, 0.1) is 21.7 Å². The van der Waals surface area contributed by atoms with Crippen LogP contribution >= 0.6 is 0 Å². The minimum Gasteiger partial charge on any atom is -0.757 e. The Morgan fingerprint density at radius 1 is 1.25 bits per heavy atom. The number of ether oxygens (including phenoxy) is 2. The van der Waals surface area contributed by atoms with Crippen LogP contribution in [0.1, 0.15) is 23.7 Å². The maximum Gasteiger partial charge on any atom is 0.300 e. The van der Waals surface area contributed by atoms with Crippen LogP contribution in [0.15, 0.2) is 41.0 Å². The molecule has 1 atom stereocenters. The average molecular weight is 326 g/mol. The second-order valence-electron chi connectivity index (χ2n) is 5.36. The van der Waals surface area contributed by atoms with Crippen LogP contribution < -0.4 is 5.06 Å². The van der Waals surface area contributed by atoms with E-state index in [0.29, 0.717) is 28.6 Å². The van der Waals surface area contributed by atoms with Gasteiger partial charge in [0.15, 0.2) is 18.4 Å². The van der Waals surface area contributed by atoms with E-state index in [-0.39, 0.29) is 22.8 Å². The maximum absolute atomic E-state index is 12.7. The van der Waals surface area contributed by atoms with Gasteiger partial charge in [0.1, 0.15) is 11.4 Å². The summed E-state index contributed by atoms with van der Waals surface area (Å²) >= 11 is 0. The van der Waals surface area contributed by atoms with E-state index in [1.807, 2.05) is 6.07 Å². The number of nitriles is 1. The molecule has 24 heavy (non-hydrogen) atoms. The zero-order valence-electron chi connectivity index (χ0n) is 12.4. The minimum absolute atomic E-state index is 0.0842. The lowest BCUT2D eigenvalue weighted by Gasteiger charge is -2.39. The van der Waals surface area contributed by atoms with Gasteiger partial charge in [-0.2, -0.15) is 10.0 Å². The smallest absolute Gasteiger partial charge is 0.300 e. The summed E-state index contributed by atoms with van der Waals surface area (Å²) in [6, 6.07) is 8.57. The summed E-state index contributed by atoms with van der Waals surface area (Å²) in [5.41, 5.74) is 0.611. The first-order valence-electron chi connectivity index (χ1n) is 7.32. The third kappa shape index (κ3) is 2.15. The molecule has 0 N–H and O–H groups in total. The van der Waals surface area contributed by atoms with Crippen molar-refractivity contribution in [2.24, 2.45) is 0 Å². The van der Waals surface area contributed by atoms with Gasteiger partial charge in [0.25, 0.3) is 0 Å². The minimum atomic E-state index is -1.11. The van der Waals surface area contributed by atoms with Crippen molar-refractivity contribution in [1.29, 1.82) is 5.26 Å². The van der Waals surface area contributed by atoms with Gasteiger partial charge in [0.05, 0.1) is 19.5 Å². The number of benzene rings is 1. The summed E-state index contributed by atoms with van der Waals surface area (Å²) in [6.07, 6.45) is 0.817. The van der Waals surface area contributed by atoms with E-state index in [1.165, 1.54) is 18.4 Å². The van der Waals surface area contributed by atoms with Gasteiger partial charge in [-0.05, 0) is 18.2 Å². The number of fused-ring (bicyclic) bond motifs is 1. The lowest BCUT2D eigenvalue weighted by molar-refractivity contribution is -0.363. The molecule has 1 aromatic carbocycles. The fourth-order valence-corrected chi connectivity index (χ4v) is 2.88. The third-order valence-electron chi connectivity index (χ3n) is 3.99. The van der Waals surface area contributed by atoms with Crippen molar-refractivity contribution < 1.29 is 18.6 Å². The molecule has 1 unspecified atom stereocenters. The molecule has 8 heteroatoms. The Hall–Kier alpha value is -2.86. The van der Waals surface area contributed by atoms with E-state index in [2.05, 4.69) is 0 Å². The number of hydrogen-bond acceptors (Lipinski definition) is 7. The molecular formula is C16H12N3O5-. The number of nitrogens with zero attached hydrogens (tertiary/aromatic N) is 3. The largest absolute Gasteiger partial charge is 0.757 e. The van der Waals surface area contributed by atoms with Gasteiger partial charge >= 0.3 is 5.71 Å². The molecule has 3 heterocycles. The van der Waals surface area contributed by atoms with Crippen LogP contribution in [0.5, 0.6) is 0 Å². The Bertz CT molecular complexity index is 834. The Balaban J connectivity index is 1.83. The Morgan fingerprint density at radius 2 is 2.04 bits per heavy atom. The van der Waals surface area contributed by atoms with Crippen LogP contribution in [0.2, 0.25) is 0 Å². The van der Waals surface area contributed by atoms with Crippen molar-refractivity contribution >= 4 is 17.1 Å². The number of rotatable bonds is 2. The first-order chi connectivity index (χ1) is 11.7. The van der Waals surface area contributed by atoms with Gasteiger partial charge in [-0.25, -0.2) is 0 Å². The van der Waals surface area contributed by atoms with Gasteiger partial charge in [-0.1, -0.05) is 6.07 Å². The average Bonchev–Trinajstić information content (AvgIpc) is 3.30. The second kappa shape index (κ2) is 5.65. The first-order valence-corrected chi connectivity index (χ1v) is 7.32. The Kier molecular flexibility index (Phi) is 3.46. The van der Waals surface area contributed by atoms with Gasteiger partial charge < -0.3 is 29.4 Å². The number of anilines is 1. The van der Waals surface area contributed by atoms with Crippen molar-refractivity contribution in [3.8, 4) is 6.07 Å². The van der Waals surface area contributed by atoms with E-state index in [1.54, 1.807) is 18.2 Å². The van der Waals surface area contributed by atoms with E-state index in [0.717, 1.165) is 0 Å². The van der Waals surface area contributed by atoms with Gasteiger partial charge in [-0.15, -0.1) is 0 Å². The molecule has 0 bridgehead atoms. The summed E-state index contributed by atoms with van der Waals surface area (Å²) < 4.78 is 16.5. The first kappa shape index (κ1) is 14.7. The predicted octanol–water partition coefficient (Wildman–Crippen LogP) is 2.49. The van der Waals surface area contributed by atoms with E-state index >= 15 is 0 Å². The normalized spacial score (nSPS) is 21.0. The molecular weight excluding hydrogens is 314 g/mol. The SMILES string of the molecule is N#CC1=[N+]([O-])c2cc(C3OCCO3)ccc2N([O-])C1c1ccco1. The Labute approximate surface area is 136 Å². The second-order valence-corrected chi connectivity index (χ2v) is 5.36. The van der Waals surface area contributed by atoms with E-state index in [9.17, 15) is 15.7 Å².